The minimum atomic E-state index is 0.0830. The lowest BCUT2D eigenvalue weighted by Crippen LogP contribution is -2.48. The zero-order valence-corrected chi connectivity index (χ0v) is 18.0. The first-order valence-electron chi connectivity index (χ1n) is 11.6. The molecule has 1 amide bonds. The molecule has 0 spiro atoms. The second-order valence-corrected chi connectivity index (χ2v) is 9.48. The maximum atomic E-state index is 13.3. The molecule has 3 atom stereocenters. The highest BCUT2D eigenvalue weighted by molar-refractivity contribution is 6.04. The fourth-order valence-electron chi connectivity index (χ4n) is 6.09. The summed E-state index contributed by atoms with van der Waals surface area (Å²) in [7, 11) is 0. The van der Waals surface area contributed by atoms with Crippen LogP contribution in [0.25, 0.3) is 10.9 Å². The minimum absolute atomic E-state index is 0.0830. The molecule has 1 saturated heterocycles. The van der Waals surface area contributed by atoms with Crippen molar-refractivity contribution in [1.29, 1.82) is 0 Å². The number of aryl methyl sites for hydroxylation is 1. The number of aromatic nitrogens is 1. The molecule has 0 radical (unpaired) electrons. The van der Waals surface area contributed by atoms with Crippen molar-refractivity contribution in [1.82, 2.24) is 9.88 Å². The predicted molar refractivity (Wildman–Crippen MR) is 125 cm³/mol. The number of H-pyrrole nitrogens is 1. The Morgan fingerprint density at radius 3 is 2.84 bits per heavy atom. The largest absolute Gasteiger partial charge is 0.357 e. The summed E-state index contributed by atoms with van der Waals surface area (Å²) in [6, 6.07) is 17.1. The van der Waals surface area contributed by atoms with Crippen LogP contribution < -0.4 is 5.32 Å². The third kappa shape index (κ3) is 3.21. The van der Waals surface area contributed by atoms with Crippen LogP contribution in [0.15, 0.2) is 60.2 Å². The van der Waals surface area contributed by atoms with E-state index in [1.54, 1.807) is 0 Å². The molecule has 1 fully saturated rings. The van der Waals surface area contributed by atoms with E-state index in [0.717, 1.165) is 43.6 Å². The summed E-state index contributed by atoms with van der Waals surface area (Å²) in [6.07, 6.45) is 6.54. The molecule has 3 aliphatic rings. The number of rotatable bonds is 2. The Kier molecular flexibility index (Phi) is 4.50. The molecule has 158 valence electrons. The first-order valence-corrected chi connectivity index (χ1v) is 11.6. The van der Waals surface area contributed by atoms with Gasteiger partial charge in [-0.05, 0) is 68.2 Å². The summed E-state index contributed by atoms with van der Waals surface area (Å²) in [5.74, 6) is 0.989. The highest BCUT2D eigenvalue weighted by atomic mass is 16.1. The van der Waals surface area contributed by atoms with Crippen LogP contribution in [-0.2, 0) is 11.2 Å². The number of hydrogen-bond donors (Lipinski definition) is 2. The van der Waals surface area contributed by atoms with Crippen LogP contribution in [0.1, 0.15) is 42.1 Å². The SMILES string of the molecule is Cc1ccc(NC(=O)C2=CCC[C@H]3CN4CCc5c([nH]c6ccccc56)[C@@H]4C[C@H]23)cc1. The van der Waals surface area contributed by atoms with Crippen molar-refractivity contribution in [3.63, 3.8) is 0 Å². The Morgan fingerprint density at radius 1 is 1.13 bits per heavy atom. The predicted octanol–water partition coefficient (Wildman–Crippen LogP) is 5.37. The van der Waals surface area contributed by atoms with Gasteiger partial charge in [-0.15, -0.1) is 0 Å². The molecule has 0 saturated carbocycles. The van der Waals surface area contributed by atoms with Crippen molar-refractivity contribution in [2.45, 2.75) is 38.6 Å². The van der Waals surface area contributed by atoms with Crippen LogP contribution in [0.2, 0.25) is 0 Å². The van der Waals surface area contributed by atoms with Crippen molar-refractivity contribution >= 4 is 22.5 Å². The molecule has 6 rings (SSSR count). The van der Waals surface area contributed by atoms with Crippen LogP contribution in [-0.4, -0.2) is 28.9 Å². The van der Waals surface area contributed by atoms with Crippen LogP contribution in [0.3, 0.4) is 0 Å². The van der Waals surface area contributed by atoms with E-state index in [1.807, 2.05) is 24.3 Å². The Labute approximate surface area is 183 Å². The summed E-state index contributed by atoms with van der Waals surface area (Å²) in [5, 5.41) is 4.53. The number of allylic oxidation sites excluding steroid dienone is 1. The van der Waals surface area contributed by atoms with E-state index in [2.05, 4.69) is 52.5 Å². The van der Waals surface area contributed by atoms with Crippen molar-refractivity contribution in [2.75, 3.05) is 18.4 Å². The number of para-hydroxylation sites is 1. The lowest BCUT2D eigenvalue weighted by molar-refractivity contribution is -0.114. The molecule has 4 heteroatoms. The smallest absolute Gasteiger partial charge is 0.251 e. The molecule has 0 unspecified atom stereocenters. The third-order valence-corrected chi connectivity index (χ3v) is 7.66. The number of anilines is 1. The van der Waals surface area contributed by atoms with Crippen LogP contribution in [0.4, 0.5) is 5.69 Å². The number of nitrogens with zero attached hydrogens (tertiary/aromatic N) is 1. The van der Waals surface area contributed by atoms with Crippen LogP contribution in [0.5, 0.6) is 0 Å². The van der Waals surface area contributed by atoms with Gasteiger partial charge >= 0.3 is 0 Å². The number of amides is 1. The number of carbonyl (C=O) groups excluding carboxylic acids is 1. The number of aromatic amines is 1. The second kappa shape index (κ2) is 7.38. The van der Waals surface area contributed by atoms with Gasteiger partial charge in [-0.1, -0.05) is 42.0 Å². The molecule has 0 bridgehead atoms. The topological polar surface area (TPSA) is 48.1 Å². The molecule has 2 aliphatic heterocycles. The normalized spacial score (nSPS) is 25.3. The number of hydrogen-bond acceptors (Lipinski definition) is 2. The molecule has 3 aromatic rings. The van der Waals surface area contributed by atoms with Crippen molar-refractivity contribution in [3.05, 3.63) is 77.0 Å². The standard InChI is InChI=1S/C27H29N3O/c1-17-9-11-19(12-10-17)28-27(31)22-7-4-5-18-16-30-14-13-21-20-6-2-3-8-24(20)29-26(21)25(30)15-23(18)22/h2-3,6-12,18,23,25,29H,4-5,13-16H2,1H3,(H,28,31)/t18-,23-,25-/m0/s1. The van der Waals surface area contributed by atoms with Gasteiger partial charge in [0.25, 0.3) is 5.91 Å². The Hall–Kier alpha value is -2.85. The molecule has 2 aromatic carbocycles. The van der Waals surface area contributed by atoms with Gasteiger partial charge in [-0.3, -0.25) is 9.69 Å². The summed E-state index contributed by atoms with van der Waals surface area (Å²) in [5.41, 5.74) is 7.20. The maximum Gasteiger partial charge on any atom is 0.251 e. The lowest BCUT2D eigenvalue weighted by Gasteiger charge is -2.48. The summed E-state index contributed by atoms with van der Waals surface area (Å²) >= 11 is 0. The summed E-state index contributed by atoms with van der Waals surface area (Å²) in [4.78, 5) is 19.7. The van der Waals surface area contributed by atoms with Gasteiger partial charge in [0.2, 0.25) is 0 Å². The summed E-state index contributed by atoms with van der Waals surface area (Å²) in [6.45, 7) is 4.28. The van der Waals surface area contributed by atoms with Gasteiger partial charge < -0.3 is 10.3 Å². The fourth-order valence-corrected chi connectivity index (χ4v) is 6.09. The van der Waals surface area contributed by atoms with E-state index in [4.69, 9.17) is 0 Å². The van der Waals surface area contributed by atoms with Gasteiger partial charge in [0.05, 0.1) is 6.04 Å². The zero-order chi connectivity index (χ0) is 20.9. The Balaban J connectivity index is 1.29. The number of nitrogens with one attached hydrogen (secondary N) is 2. The van der Waals surface area contributed by atoms with Crippen molar-refractivity contribution in [2.24, 2.45) is 11.8 Å². The van der Waals surface area contributed by atoms with Crippen LogP contribution >= 0.6 is 0 Å². The Morgan fingerprint density at radius 2 is 1.97 bits per heavy atom. The Bertz CT molecular complexity index is 1170. The molecular weight excluding hydrogens is 382 g/mol. The molecule has 1 aromatic heterocycles. The highest BCUT2D eigenvalue weighted by Gasteiger charge is 2.43. The van der Waals surface area contributed by atoms with E-state index < -0.39 is 0 Å². The first-order chi connectivity index (χ1) is 15.2. The molecule has 31 heavy (non-hydrogen) atoms. The third-order valence-electron chi connectivity index (χ3n) is 7.66. The van der Waals surface area contributed by atoms with Crippen LogP contribution in [0, 0.1) is 18.8 Å². The van der Waals surface area contributed by atoms with E-state index >= 15 is 0 Å². The average molecular weight is 412 g/mol. The molecule has 4 nitrogen and oxygen atoms in total. The maximum absolute atomic E-state index is 13.3. The number of piperidine rings is 1. The van der Waals surface area contributed by atoms with Crippen molar-refractivity contribution in [3.8, 4) is 0 Å². The number of carbonyl (C=O) groups is 1. The molecule has 3 heterocycles. The average Bonchev–Trinajstić information content (AvgIpc) is 3.18. The van der Waals surface area contributed by atoms with Gasteiger partial charge in [0.1, 0.15) is 0 Å². The van der Waals surface area contributed by atoms with Gasteiger partial charge in [0.15, 0.2) is 0 Å². The quantitative estimate of drug-likeness (QED) is 0.595. The molecule has 1 aliphatic carbocycles. The lowest BCUT2D eigenvalue weighted by atomic mass is 9.70. The number of fused-ring (bicyclic) bond motifs is 6. The molecule has 2 N–H and O–H groups in total. The molecular formula is C27H29N3O. The van der Waals surface area contributed by atoms with E-state index in [0.29, 0.717) is 17.9 Å². The monoisotopic (exact) mass is 411 g/mol. The first kappa shape index (κ1) is 18.9. The van der Waals surface area contributed by atoms with Crippen molar-refractivity contribution < 1.29 is 4.79 Å². The van der Waals surface area contributed by atoms with Gasteiger partial charge in [-0.2, -0.15) is 0 Å². The number of benzene rings is 2. The second-order valence-electron chi connectivity index (χ2n) is 9.48. The minimum Gasteiger partial charge on any atom is -0.357 e. The van der Waals surface area contributed by atoms with E-state index in [9.17, 15) is 4.79 Å². The van der Waals surface area contributed by atoms with E-state index in [1.165, 1.54) is 34.1 Å². The van der Waals surface area contributed by atoms with Gasteiger partial charge in [-0.25, -0.2) is 0 Å². The fraction of sp³-hybridized carbons (Fsp3) is 0.370. The van der Waals surface area contributed by atoms with E-state index in [-0.39, 0.29) is 5.91 Å². The zero-order valence-electron chi connectivity index (χ0n) is 18.0. The van der Waals surface area contributed by atoms with Gasteiger partial charge in [0, 0.05) is 40.9 Å². The summed E-state index contributed by atoms with van der Waals surface area (Å²) < 4.78 is 0. The highest BCUT2D eigenvalue weighted by Crippen LogP contribution is 2.47.